The van der Waals surface area contributed by atoms with E-state index in [0.29, 0.717) is 5.56 Å². The second-order valence-electron chi connectivity index (χ2n) is 5.51. The Morgan fingerprint density at radius 2 is 1.73 bits per heavy atom. The molecule has 0 radical (unpaired) electrons. The number of aromatic nitrogens is 1. The highest BCUT2D eigenvalue weighted by Gasteiger charge is 2.16. The number of hydrogen-bond donors (Lipinski definition) is 2. The van der Waals surface area contributed by atoms with Crippen LogP contribution in [0.5, 0.6) is 0 Å². The second kappa shape index (κ2) is 7.60. The zero-order chi connectivity index (χ0) is 18.5. The molecule has 3 aromatic rings. The summed E-state index contributed by atoms with van der Waals surface area (Å²) in [6.07, 6.45) is 0.870. The molecule has 0 aliphatic carbocycles. The molecule has 26 heavy (non-hydrogen) atoms. The summed E-state index contributed by atoms with van der Waals surface area (Å²) >= 11 is 0. The first kappa shape index (κ1) is 17.3. The van der Waals surface area contributed by atoms with E-state index in [1.807, 2.05) is 19.1 Å². The average molecular weight is 353 g/mol. The van der Waals surface area contributed by atoms with Crippen LogP contribution in [-0.4, -0.2) is 17.0 Å². The largest absolute Gasteiger partial charge is 0.355 e. The second-order valence-corrected chi connectivity index (χ2v) is 5.51. The van der Waals surface area contributed by atoms with E-state index >= 15 is 0 Å². The van der Waals surface area contributed by atoms with Gasteiger partial charge in [0.05, 0.1) is 5.56 Å². The molecule has 0 spiro atoms. The molecular weight excluding hydrogens is 337 g/mol. The molecule has 0 bridgehead atoms. The van der Waals surface area contributed by atoms with Crippen LogP contribution in [0.25, 0.3) is 11.3 Å². The predicted molar refractivity (Wildman–Crippen MR) is 92.6 cm³/mol. The lowest BCUT2D eigenvalue weighted by atomic mass is 10.1. The SMILES string of the molecule is CCc1ccc(C(=O)NNC(=O)c2cc(-c3ccccc3F)on2)cc1. The minimum absolute atomic E-state index is 0.0788. The third-order valence-electron chi connectivity index (χ3n) is 3.80. The van der Waals surface area contributed by atoms with E-state index in [-0.39, 0.29) is 17.0 Å². The lowest BCUT2D eigenvalue weighted by Gasteiger charge is -2.06. The maximum atomic E-state index is 13.7. The van der Waals surface area contributed by atoms with Crippen molar-refractivity contribution < 1.29 is 18.5 Å². The van der Waals surface area contributed by atoms with Crippen molar-refractivity contribution in [1.82, 2.24) is 16.0 Å². The van der Waals surface area contributed by atoms with Crippen molar-refractivity contribution in [2.45, 2.75) is 13.3 Å². The van der Waals surface area contributed by atoms with Crippen molar-refractivity contribution in [3.8, 4) is 11.3 Å². The highest BCUT2D eigenvalue weighted by atomic mass is 19.1. The Morgan fingerprint density at radius 1 is 1.04 bits per heavy atom. The number of amides is 2. The molecule has 1 heterocycles. The molecule has 0 saturated heterocycles. The Hall–Kier alpha value is -3.48. The lowest BCUT2D eigenvalue weighted by molar-refractivity contribution is 0.0841. The Morgan fingerprint density at radius 3 is 2.42 bits per heavy atom. The summed E-state index contributed by atoms with van der Waals surface area (Å²) < 4.78 is 18.7. The third-order valence-corrected chi connectivity index (χ3v) is 3.80. The fourth-order valence-electron chi connectivity index (χ4n) is 2.31. The van der Waals surface area contributed by atoms with Crippen molar-refractivity contribution in [2.24, 2.45) is 0 Å². The topological polar surface area (TPSA) is 84.2 Å². The van der Waals surface area contributed by atoms with E-state index in [4.69, 9.17) is 4.52 Å². The Balaban J connectivity index is 1.63. The van der Waals surface area contributed by atoms with E-state index in [1.165, 1.54) is 18.2 Å². The quantitative estimate of drug-likeness (QED) is 0.706. The molecule has 0 saturated carbocycles. The van der Waals surface area contributed by atoms with E-state index < -0.39 is 17.6 Å². The first-order valence-corrected chi connectivity index (χ1v) is 7.99. The van der Waals surface area contributed by atoms with Gasteiger partial charge in [-0.25, -0.2) is 4.39 Å². The monoisotopic (exact) mass is 353 g/mol. The Kier molecular flexibility index (Phi) is 5.07. The molecule has 0 unspecified atom stereocenters. The number of aryl methyl sites for hydroxylation is 1. The number of hydrazine groups is 1. The van der Waals surface area contributed by atoms with E-state index in [9.17, 15) is 14.0 Å². The minimum Gasteiger partial charge on any atom is -0.355 e. The van der Waals surface area contributed by atoms with Crippen LogP contribution in [0.15, 0.2) is 59.1 Å². The fourth-order valence-corrected chi connectivity index (χ4v) is 2.31. The van der Waals surface area contributed by atoms with Gasteiger partial charge >= 0.3 is 0 Å². The average Bonchev–Trinajstić information content (AvgIpc) is 3.16. The van der Waals surface area contributed by atoms with Crippen LogP contribution in [0.3, 0.4) is 0 Å². The van der Waals surface area contributed by atoms with Gasteiger partial charge in [-0.15, -0.1) is 0 Å². The number of rotatable bonds is 4. The maximum Gasteiger partial charge on any atom is 0.291 e. The standard InChI is InChI=1S/C19H16FN3O3/c1-2-12-7-9-13(10-8-12)18(24)21-22-19(25)16-11-17(26-23-16)14-5-3-4-6-15(14)20/h3-11H,2H2,1H3,(H,21,24)(H,22,25). The van der Waals surface area contributed by atoms with Crippen LogP contribution in [-0.2, 0) is 6.42 Å². The Bertz CT molecular complexity index is 935. The molecule has 0 atom stereocenters. The molecular formula is C19H16FN3O3. The number of carbonyl (C=O) groups is 2. The van der Waals surface area contributed by atoms with E-state index in [2.05, 4.69) is 16.0 Å². The number of hydrogen-bond acceptors (Lipinski definition) is 4. The van der Waals surface area contributed by atoms with Crippen LogP contribution in [0.2, 0.25) is 0 Å². The zero-order valence-electron chi connectivity index (χ0n) is 14.0. The molecule has 132 valence electrons. The van der Waals surface area contributed by atoms with Crippen molar-refractivity contribution in [2.75, 3.05) is 0 Å². The zero-order valence-corrected chi connectivity index (χ0v) is 14.0. The summed E-state index contributed by atoms with van der Waals surface area (Å²) in [6.45, 7) is 2.02. The van der Waals surface area contributed by atoms with Gasteiger partial charge < -0.3 is 4.52 Å². The van der Waals surface area contributed by atoms with Gasteiger partial charge in [-0.2, -0.15) is 0 Å². The summed E-state index contributed by atoms with van der Waals surface area (Å²) in [5.41, 5.74) is 6.18. The molecule has 2 amide bonds. The predicted octanol–water partition coefficient (Wildman–Crippen LogP) is 3.12. The fraction of sp³-hybridized carbons (Fsp3) is 0.105. The third kappa shape index (κ3) is 3.77. The number of nitrogens with one attached hydrogen (secondary N) is 2. The smallest absolute Gasteiger partial charge is 0.291 e. The summed E-state index contributed by atoms with van der Waals surface area (Å²) in [7, 11) is 0. The van der Waals surface area contributed by atoms with Gasteiger partial charge in [0.15, 0.2) is 11.5 Å². The molecule has 7 heteroatoms. The summed E-state index contributed by atoms with van der Waals surface area (Å²) in [6, 6.07) is 14.3. The molecule has 1 aromatic heterocycles. The lowest BCUT2D eigenvalue weighted by Crippen LogP contribution is -2.41. The van der Waals surface area contributed by atoms with Crippen molar-refractivity contribution in [3.63, 3.8) is 0 Å². The van der Waals surface area contributed by atoms with Crippen molar-refractivity contribution >= 4 is 11.8 Å². The molecule has 2 N–H and O–H groups in total. The maximum absolute atomic E-state index is 13.7. The summed E-state index contributed by atoms with van der Waals surface area (Å²) in [5, 5.41) is 3.60. The van der Waals surface area contributed by atoms with Crippen LogP contribution in [0.1, 0.15) is 33.3 Å². The van der Waals surface area contributed by atoms with Crippen LogP contribution in [0, 0.1) is 5.82 Å². The summed E-state index contributed by atoms with van der Waals surface area (Å²) in [5.74, 6) is -1.50. The van der Waals surface area contributed by atoms with Gasteiger partial charge in [0.25, 0.3) is 11.8 Å². The molecule has 2 aromatic carbocycles. The normalized spacial score (nSPS) is 10.4. The number of benzene rings is 2. The number of nitrogens with zero attached hydrogens (tertiary/aromatic N) is 1. The minimum atomic E-state index is -0.671. The number of halogens is 1. The molecule has 3 rings (SSSR count). The van der Waals surface area contributed by atoms with Crippen LogP contribution >= 0.6 is 0 Å². The first-order chi connectivity index (χ1) is 12.6. The number of carbonyl (C=O) groups excluding carboxylic acids is 2. The van der Waals surface area contributed by atoms with E-state index in [0.717, 1.165) is 12.0 Å². The molecule has 6 nitrogen and oxygen atoms in total. The molecule has 0 aliphatic rings. The van der Waals surface area contributed by atoms with Gasteiger partial charge in [0, 0.05) is 11.6 Å². The van der Waals surface area contributed by atoms with Gasteiger partial charge in [0.1, 0.15) is 5.82 Å². The van der Waals surface area contributed by atoms with Gasteiger partial charge in [-0.05, 0) is 36.2 Å². The highest BCUT2D eigenvalue weighted by Crippen LogP contribution is 2.23. The van der Waals surface area contributed by atoms with Crippen LogP contribution < -0.4 is 10.9 Å². The van der Waals surface area contributed by atoms with Gasteiger partial charge in [-0.3, -0.25) is 20.4 Å². The van der Waals surface area contributed by atoms with Crippen molar-refractivity contribution in [1.29, 1.82) is 0 Å². The van der Waals surface area contributed by atoms with Gasteiger partial charge in [0.2, 0.25) is 0 Å². The van der Waals surface area contributed by atoms with E-state index in [1.54, 1.807) is 24.3 Å². The Labute approximate surface area is 149 Å². The van der Waals surface area contributed by atoms with Crippen LogP contribution in [0.4, 0.5) is 4.39 Å². The molecule has 0 fully saturated rings. The van der Waals surface area contributed by atoms with Gasteiger partial charge in [-0.1, -0.05) is 36.3 Å². The molecule has 0 aliphatic heterocycles. The van der Waals surface area contributed by atoms with Crippen molar-refractivity contribution in [3.05, 3.63) is 77.2 Å². The highest BCUT2D eigenvalue weighted by molar-refractivity contribution is 5.98. The summed E-state index contributed by atoms with van der Waals surface area (Å²) in [4.78, 5) is 24.1. The first-order valence-electron chi connectivity index (χ1n) is 7.99.